The highest BCUT2D eigenvalue weighted by atomic mass is 16.5. The summed E-state index contributed by atoms with van der Waals surface area (Å²) < 4.78 is 5.28. The van der Waals surface area contributed by atoms with Crippen molar-refractivity contribution in [3.05, 3.63) is 11.8 Å². The van der Waals surface area contributed by atoms with Crippen LogP contribution in [0.25, 0.3) is 0 Å². The van der Waals surface area contributed by atoms with Crippen LogP contribution >= 0.6 is 0 Å². The third-order valence-corrected chi connectivity index (χ3v) is 2.41. The molecule has 1 N–H and O–H groups in total. The molecule has 0 aromatic heterocycles. The fourth-order valence-electron chi connectivity index (χ4n) is 1.62. The third kappa shape index (κ3) is 1.59. The van der Waals surface area contributed by atoms with Gasteiger partial charge in [0.15, 0.2) is 5.78 Å². The van der Waals surface area contributed by atoms with Crippen LogP contribution in [-0.2, 0) is 9.53 Å². The Morgan fingerprint density at radius 2 is 2.69 bits per heavy atom. The van der Waals surface area contributed by atoms with Gasteiger partial charge in [-0.25, -0.2) is 5.43 Å². The Labute approximate surface area is 77.5 Å². The van der Waals surface area contributed by atoms with Crippen LogP contribution in [0.3, 0.4) is 0 Å². The van der Waals surface area contributed by atoms with Gasteiger partial charge in [0.1, 0.15) is 6.04 Å². The third-order valence-electron chi connectivity index (χ3n) is 2.41. The molecule has 2 aliphatic heterocycles. The molecule has 0 aromatic carbocycles. The van der Waals surface area contributed by atoms with E-state index in [4.69, 9.17) is 4.74 Å². The maximum atomic E-state index is 11.4. The Bertz CT molecular complexity index is 250. The molecule has 2 aliphatic rings. The van der Waals surface area contributed by atoms with E-state index in [2.05, 4.69) is 5.43 Å². The molecule has 0 aliphatic carbocycles. The number of nitrogens with zero attached hydrogens (tertiary/aromatic N) is 1. The zero-order valence-corrected chi connectivity index (χ0v) is 7.75. The van der Waals surface area contributed by atoms with E-state index in [9.17, 15) is 4.79 Å². The average Bonchev–Trinajstić information content (AvgIpc) is 2.59. The molecular formula is C9H14N2O2. The van der Waals surface area contributed by atoms with E-state index in [1.54, 1.807) is 0 Å². The number of ether oxygens (including phenoxy) is 1. The number of morpholine rings is 1. The van der Waals surface area contributed by atoms with Gasteiger partial charge in [0.25, 0.3) is 0 Å². The highest BCUT2D eigenvalue weighted by molar-refractivity contribution is 5.86. The van der Waals surface area contributed by atoms with Crippen molar-refractivity contribution in [3.63, 3.8) is 0 Å². The topological polar surface area (TPSA) is 41.6 Å². The van der Waals surface area contributed by atoms with Crippen molar-refractivity contribution in [1.82, 2.24) is 10.4 Å². The number of nitrogens with one attached hydrogen (secondary N) is 1. The minimum Gasteiger partial charge on any atom is -0.373 e. The van der Waals surface area contributed by atoms with E-state index >= 15 is 0 Å². The number of hydrogen-bond acceptors (Lipinski definition) is 4. The van der Waals surface area contributed by atoms with Crippen LogP contribution < -0.4 is 5.43 Å². The first-order valence-electron chi connectivity index (χ1n) is 4.66. The van der Waals surface area contributed by atoms with Crippen molar-refractivity contribution < 1.29 is 9.53 Å². The minimum absolute atomic E-state index is 0.123. The number of ketones is 1. The number of hydrogen-bond donors (Lipinski definition) is 1. The molecule has 0 radical (unpaired) electrons. The van der Waals surface area contributed by atoms with E-state index < -0.39 is 0 Å². The first-order chi connectivity index (χ1) is 6.31. The van der Waals surface area contributed by atoms with Crippen LogP contribution in [0.1, 0.15) is 13.3 Å². The van der Waals surface area contributed by atoms with Crippen molar-refractivity contribution in [1.29, 1.82) is 0 Å². The van der Waals surface area contributed by atoms with Crippen LogP contribution in [0.5, 0.6) is 0 Å². The molecule has 1 unspecified atom stereocenters. The van der Waals surface area contributed by atoms with Gasteiger partial charge >= 0.3 is 0 Å². The zero-order chi connectivity index (χ0) is 9.26. The van der Waals surface area contributed by atoms with Crippen molar-refractivity contribution in [2.75, 3.05) is 19.8 Å². The second-order valence-corrected chi connectivity index (χ2v) is 3.29. The van der Waals surface area contributed by atoms with Crippen molar-refractivity contribution >= 4 is 5.78 Å². The summed E-state index contributed by atoms with van der Waals surface area (Å²) in [7, 11) is 0. The molecule has 72 valence electrons. The van der Waals surface area contributed by atoms with Gasteiger partial charge in [-0.1, -0.05) is 6.92 Å². The van der Waals surface area contributed by atoms with Gasteiger partial charge in [-0.05, 0) is 6.08 Å². The lowest BCUT2D eigenvalue weighted by Crippen LogP contribution is -2.44. The Balaban J connectivity index is 2.05. The first kappa shape index (κ1) is 8.72. The minimum atomic E-state index is -0.123. The van der Waals surface area contributed by atoms with Gasteiger partial charge in [0.2, 0.25) is 0 Å². The molecule has 2 rings (SSSR count). The van der Waals surface area contributed by atoms with Gasteiger partial charge in [-0.15, -0.1) is 0 Å². The Kier molecular flexibility index (Phi) is 2.33. The fraction of sp³-hybridized carbons (Fsp3) is 0.667. The summed E-state index contributed by atoms with van der Waals surface area (Å²) in [4.78, 5) is 11.4. The maximum Gasteiger partial charge on any atom is 0.155 e. The van der Waals surface area contributed by atoms with Gasteiger partial charge in [-0.3, -0.25) is 4.79 Å². The number of fused-ring (bicyclic) bond motifs is 1. The molecule has 0 amide bonds. The number of Topliss-reactive ketones (excluding diaryl/α,β-unsaturated/α-hetero) is 1. The number of hydrazine groups is 1. The van der Waals surface area contributed by atoms with Crippen molar-refractivity contribution in [2.45, 2.75) is 19.4 Å². The fourth-order valence-corrected chi connectivity index (χ4v) is 1.62. The predicted molar refractivity (Wildman–Crippen MR) is 47.8 cm³/mol. The van der Waals surface area contributed by atoms with E-state index in [-0.39, 0.29) is 11.8 Å². The zero-order valence-electron chi connectivity index (χ0n) is 7.75. The lowest BCUT2D eigenvalue weighted by Gasteiger charge is -2.27. The molecule has 4 nitrogen and oxygen atoms in total. The highest BCUT2D eigenvalue weighted by Gasteiger charge is 2.28. The number of carbonyl (C=O) groups is 1. The molecule has 1 saturated heterocycles. The normalized spacial score (nSPS) is 27.0. The second kappa shape index (κ2) is 3.47. The lowest BCUT2D eigenvalue weighted by atomic mass is 10.1. The Morgan fingerprint density at radius 3 is 3.38 bits per heavy atom. The summed E-state index contributed by atoms with van der Waals surface area (Å²) in [5, 5.41) is 2.02. The summed E-state index contributed by atoms with van der Waals surface area (Å²) in [5.41, 5.74) is 4.25. The van der Waals surface area contributed by atoms with Crippen LogP contribution in [0.4, 0.5) is 0 Å². The highest BCUT2D eigenvalue weighted by Crippen LogP contribution is 2.16. The van der Waals surface area contributed by atoms with E-state index in [0.717, 1.165) is 18.8 Å². The summed E-state index contributed by atoms with van der Waals surface area (Å²) in [6.07, 6.45) is 2.54. The first-order valence-corrected chi connectivity index (χ1v) is 4.66. The van der Waals surface area contributed by atoms with Crippen LogP contribution in [0, 0.1) is 0 Å². The molecular weight excluding hydrogens is 168 g/mol. The molecule has 0 saturated carbocycles. The monoisotopic (exact) mass is 182 g/mol. The quantitative estimate of drug-likeness (QED) is 0.656. The summed E-state index contributed by atoms with van der Waals surface area (Å²) >= 11 is 0. The van der Waals surface area contributed by atoms with E-state index in [1.807, 2.05) is 18.0 Å². The summed E-state index contributed by atoms with van der Waals surface area (Å²) in [6.45, 7) is 4.08. The van der Waals surface area contributed by atoms with Crippen molar-refractivity contribution in [3.8, 4) is 0 Å². The van der Waals surface area contributed by atoms with Crippen molar-refractivity contribution in [2.24, 2.45) is 0 Å². The molecule has 1 atom stereocenters. The summed E-state index contributed by atoms with van der Waals surface area (Å²) in [6, 6.07) is -0.123. The molecule has 1 fully saturated rings. The van der Waals surface area contributed by atoms with Crippen LogP contribution in [0.2, 0.25) is 0 Å². The number of carbonyl (C=O) groups excluding carboxylic acids is 1. The van der Waals surface area contributed by atoms with Crippen LogP contribution in [-0.4, -0.2) is 36.6 Å². The summed E-state index contributed by atoms with van der Waals surface area (Å²) in [5.74, 6) is 0.238. The van der Waals surface area contributed by atoms with E-state index in [0.29, 0.717) is 13.0 Å². The standard InChI is InChI=1S/C9H14N2O2/c1-2-9(12)8-5-7-6-13-4-3-11(7)10-8/h5,8,10H,2-4,6H2,1H3. The number of rotatable bonds is 2. The Morgan fingerprint density at radius 1 is 1.85 bits per heavy atom. The molecule has 4 heteroatoms. The van der Waals surface area contributed by atoms with E-state index in [1.165, 1.54) is 0 Å². The largest absolute Gasteiger partial charge is 0.373 e. The molecule has 0 bridgehead atoms. The Hall–Kier alpha value is -0.870. The maximum absolute atomic E-state index is 11.4. The van der Waals surface area contributed by atoms with Gasteiger partial charge in [0.05, 0.1) is 25.5 Å². The smallest absolute Gasteiger partial charge is 0.155 e. The average molecular weight is 182 g/mol. The van der Waals surface area contributed by atoms with Crippen LogP contribution in [0.15, 0.2) is 11.8 Å². The lowest BCUT2D eigenvalue weighted by molar-refractivity contribution is -0.120. The van der Waals surface area contributed by atoms with Gasteiger partial charge in [0, 0.05) is 6.42 Å². The predicted octanol–water partition coefficient (Wildman–Crippen LogP) is 0.0684. The SMILES string of the molecule is CCC(=O)C1C=C2COCCN2N1. The van der Waals surface area contributed by atoms with Gasteiger partial charge < -0.3 is 9.75 Å². The molecule has 0 spiro atoms. The second-order valence-electron chi connectivity index (χ2n) is 3.29. The molecule has 0 aromatic rings. The van der Waals surface area contributed by atoms with Gasteiger partial charge in [-0.2, -0.15) is 0 Å². The molecule has 13 heavy (non-hydrogen) atoms. The molecule has 2 heterocycles.